The number of halogens is 1. The van der Waals surface area contributed by atoms with Crippen LogP contribution < -0.4 is 15.0 Å². The van der Waals surface area contributed by atoms with E-state index in [0.29, 0.717) is 31.9 Å². The van der Waals surface area contributed by atoms with Crippen molar-refractivity contribution < 1.29 is 23.8 Å². The number of ether oxygens (including phenoxy) is 2. The molecule has 4 heterocycles. The molecule has 35 heavy (non-hydrogen) atoms. The Morgan fingerprint density at radius 2 is 2.14 bits per heavy atom. The number of alkyl halides is 1. The molecule has 0 aliphatic carbocycles. The highest BCUT2D eigenvalue weighted by Gasteiger charge is 2.31. The number of nitrogens with zero attached hydrogens (tertiary/aromatic N) is 4. The average Bonchev–Trinajstić information content (AvgIpc) is 3.28. The van der Waals surface area contributed by atoms with E-state index in [4.69, 9.17) is 19.6 Å². The minimum atomic E-state index is -1.31. The SMILES string of the molecule is COCCOc1ccn2c(-c3ccc4cccc(N5CC[C@H](NC(=O)O)[C@H](F)C5)c4n3)cnc2c1. The second-order valence-electron chi connectivity index (χ2n) is 8.43. The summed E-state index contributed by atoms with van der Waals surface area (Å²) in [6.07, 6.45) is 1.53. The van der Waals surface area contributed by atoms with Crippen LogP contribution in [0.1, 0.15) is 6.42 Å². The minimum absolute atomic E-state index is 0.0947. The lowest BCUT2D eigenvalue weighted by atomic mass is 10.0. The number of imidazole rings is 1. The fourth-order valence-corrected chi connectivity index (χ4v) is 4.46. The number of aromatic nitrogens is 3. The van der Waals surface area contributed by atoms with Gasteiger partial charge in [-0.2, -0.15) is 0 Å². The molecule has 0 unspecified atom stereocenters. The van der Waals surface area contributed by atoms with E-state index < -0.39 is 18.3 Å². The van der Waals surface area contributed by atoms with Crippen molar-refractivity contribution in [1.82, 2.24) is 19.7 Å². The number of fused-ring (bicyclic) bond motifs is 2. The Kier molecular flexibility index (Phi) is 6.37. The summed E-state index contributed by atoms with van der Waals surface area (Å²) in [6, 6.07) is 12.8. The second-order valence-corrected chi connectivity index (χ2v) is 8.43. The number of amides is 1. The van der Waals surface area contributed by atoms with Gasteiger partial charge in [0.25, 0.3) is 0 Å². The molecule has 1 saturated heterocycles. The van der Waals surface area contributed by atoms with Crippen LogP contribution in [0, 0.1) is 0 Å². The van der Waals surface area contributed by atoms with Crippen molar-refractivity contribution in [2.24, 2.45) is 0 Å². The van der Waals surface area contributed by atoms with Crippen LogP contribution >= 0.6 is 0 Å². The minimum Gasteiger partial charge on any atom is -0.491 e. The van der Waals surface area contributed by atoms with Crippen LogP contribution in [-0.2, 0) is 4.74 Å². The number of hydrogen-bond donors (Lipinski definition) is 2. The predicted octanol–water partition coefficient (Wildman–Crippen LogP) is 3.76. The number of benzene rings is 1. The molecule has 1 fully saturated rings. The first-order valence-corrected chi connectivity index (χ1v) is 11.4. The van der Waals surface area contributed by atoms with Crippen molar-refractivity contribution in [3.8, 4) is 17.1 Å². The Bertz CT molecular complexity index is 1360. The highest BCUT2D eigenvalue weighted by Crippen LogP contribution is 2.31. The maximum atomic E-state index is 14.7. The van der Waals surface area contributed by atoms with E-state index in [1.807, 2.05) is 58.0 Å². The third kappa shape index (κ3) is 4.69. The molecular formula is C25H26FN5O4. The fraction of sp³-hybridized carbons (Fsp3) is 0.320. The summed E-state index contributed by atoms with van der Waals surface area (Å²) in [5, 5.41) is 12.2. The Morgan fingerprint density at radius 1 is 1.26 bits per heavy atom. The number of anilines is 1. The lowest BCUT2D eigenvalue weighted by molar-refractivity contribution is 0.146. The van der Waals surface area contributed by atoms with E-state index in [0.717, 1.165) is 33.6 Å². The molecule has 0 saturated carbocycles. The van der Waals surface area contributed by atoms with Gasteiger partial charge in [-0.05, 0) is 24.6 Å². The van der Waals surface area contributed by atoms with Crippen molar-refractivity contribution in [1.29, 1.82) is 0 Å². The highest BCUT2D eigenvalue weighted by molar-refractivity contribution is 5.92. The quantitative estimate of drug-likeness (QED) is 0.389. The Morgan fingerprint density at radius 3 is 2.94 bits per heavy atom. The summed E-state index contributed by atoms with van der Waals surface area (Å²) in [7, 11) is 1.63. The molecule has 0 spiro atoms. The van der Waals surface area contributed by atoms with Crippen molar-refractivity contribution >= 4 is 28.3 Å². The summed E-state index contributed by atoms with van der Waals surface area (Å²) in [6.45, 7) is 1.58. The van der Waals surface area contributed by atoms with Gasteiger partial charge in [0, 0.05) is 31.3 Å². The van der Waals surface area contributed by atoms with Gasteiger partial charge in [0.2, 0.25) is 0 Å². The van der Waals surface area contributed by atoms with Gasteiger partial charge in [-0.25, -0.2) is 19.2 Å². The molecule has 2 N–H and O–H groups in total. The first-order chi connectivity index (χ1) is 17.0. The topological polar surface area (TPSA) is 101 Å². The van der Waals surface area contributed by atoms with Crippen molar-refractivity contribution in [2.75, 3.05) is 38.3 Å². The molecule has 5 rings (SSSR count). The average molecular weight is 480 g/mol. The zero-order chi connectivity index (χ0) is 24.4. The summed E-state index contributed by atoms with van der Waals surface area (Å²) in [5.74, 6) is 0.710. The first-order valence-electron chi connectivity index (χ1n) is 11.4. The zero-order valence-electron chi connectivity index (χ0n) is 19.2. The molecule has 182 valence electrons. The number of para-hydroxylation sites is 1. The molecule has 1 amide bonds. The largest absolute Gasteiger partial charge is 0.491 e. The van der Waals surface area contributed by atoms with Crippen LogP contribution in [0.2, 0.25) is 0 Å². The number of carbonyl (C=O) groups is 1. The maximum absolute atomic E-state index is 14.7. The fourth-order valence-electron chi connectivity index (χ4n) is 4.46. The van der Waals surface area contributed by atoms with E-state index >= 15 is 0 Å². The van der Waals surface area contributed by atoms with Gasteiger partial charge in [-0.1, -0.05) is 18.2 Å². The van der Waals surface area contributed by atoms with E-state index in [1.54, 1.807) is 13.3 Å². The van der Waals surface area contributed by atoms with Crippen molar-refractivity contribution in [3.63, 3.8) is 0 Å². The molecule has 4 aromatic rings. The molecule has 2 atom stereocenters. The number of pyridine rings is 2. The maximum Gasteiger partial charge on any atom is 0.404 e. The number of nitrogens with one attached hydrogen (secondary N) is 1. The number of piperidine rings is 1. The summed E-state index contributed by atoms with van der Waals surface area (Å²) in [4.78, 5) is 22.3. The van der Waals surface area contributed by atoms with E-state index in [2.05, 4.69) is 10.3 Å². The lowest BCUT2D eigenvalue weighted by Crippen LogP contribution is -2.52. The number of hydrogen-bond acceptors (Lipinski definition) is 6. The summed E-state index contributed by atoms with van der Waals surface area (Å²) in [5.41, 5.74) is 3.88. The third-order valence-electron chi connectivity index (χ3n) is 6.19. The molecule has 9 nitrogen and oxygen atoms in total. The molecule has 1 aromatic carbocycles. The molecule has 3 aromatic heterocycles. The molecular weight excluding hydrogens is 453 g/mol. The van der Waals surface area contributed by atoms with Crippen LogP contribution in [0.3, 0.4) is 0 Å². The smallest absolute Gasteiger partial charge is 0.404 e. The monoisotopic (exact) mass is 479 g/mol. The van der Waals surface area contributed by atoms with E-state index in [-0.39, 0.29) is 6.54 Å². The van der Waals surface area contributed by atoms with Crippen LogP contribution in [0.15, 0.2) is 54.9 Å². The van der Waals surface area contributed by atoms with Crippen molar-refractivity contribution in [2.45, 2.75) is 18.6 Å². The lowest BCUT2D eigenvalue weighted by Gasteiger charge is -2.36. The van der Waals surface area contributed by atoms with Crippen molar-refractivity contribution in [3.05, 3.63) is 54.9 Å². The highest BCUT2D eigenvalue weighted by atomic mass is 19.1. The second kappa shape index (κ2) is 9.75. The van der Waals surface area contributed by atoms with Gasteiger partial charge in [-0.3, -0.25) is 4.40 Å². The Labute approximate surface area is 201 Å². The molecule has 0 bridgehead atoms. The Balaban J connectivity index is 1.45. The van der Waals surface area contributed by atoms with Gasteiger partial charge in [0.1, 0.15) is 24.2 Å². The summed E-state index contributed by atoms with van der Waals surface area (Å²) < 4.78 is 27.4. The molecule has 0 radical (unpaired) electrons. The van der Waals surface area contributed by atoms with Crippen LogP contribution in [0.5, 0.6) is 5.75 Å². The van der Waals surface area contributed by atoms with Gasteiger partial charge < -0.3 is 24.8 Å². The normalized spacial score (nSPS) is 18.2. The number of methoxy groups -OCH3 is 1. The third-order valence-corrected chi connectivity index (χ3v) is 6.19. The van der Waals surface area contributed by atoms with Gasteiger partial charge in [0.05, 0.1) is 48.0 Å². The van der Waals surface area contributed by atoms with Crippen LogP contribution in [-0.4, -0.2) is 71.2 Å². The number of rotatable bonds is 7. The van der Waals surface area contributed by atoms with Crippen LogP contribution in [0.4, 0.5) is 14.9 Å². The number of carboxylic acid groups (broad SMARTS) is 1. The zero-order valence-corrected chi connectivity index (χ0v) is 19.2. The van der Waals surface area contributed by atoms with Gasteiger partial charge in [-0.15, -0.1) is 0 Å². The first kappa shape index (κ1) is 22.9. The van der Waals surface area contributed by atoms with Gasteiger partial charge in [0.15, 0.2) is 0 Å². The molecule has 10 heteroatoms. The summed E-state index contributed by atoms with van der Waals surface area (Å²) >= 11 is 0. The standard InChI is InChI=1S/C25H26FN5O4/c1-34-11-12-35-17-7-10-31-22(14-27-23(31)13-17)20-6-5-16-3-2-4-21(24(16)28-20)30-9-8-19(18(26)15-30)29-25(32)33/h2-7,10,13-14,18-19,29H,8-9,11-12,15H2,1H3,(H,32,33)/t18-,19+/m1/s1. The predicted molar refractivity (Wildman–Crippen MR) is 130 cm³/mol. The van der Waals surface area contributed by atoms with Gasteiger partial charge >= 0.3 is 6.09 Å². The van der Waals surface area contributed by atoms with E-state index in [9.17, 15) is 9.18 Å². The molecule has 1 aliphatic heterocycles. The molecule has 1 aliphatic rings. The van der Waals surface area contributed by atoms with E-state index in [1.165, 1.54) is 0 Å². The Hall–Kier alpha value is -3.92. The van der Waals surface area contributed by atoms with Crippen LogP contribution in [0.25, 0.3) is 27.9 Å².